The molecule has 2 fully saturated rings. The molecular formula is C31H44N4O6. The van der Waals surface area contributed by atoms with E-state index in [-0.39, 0.29) is 41.6 Å². The van der Waals surface area contributed by atoms with Gasteiger partial charge in [-0.15, -0.1) is 0 Å². The van der Waals surface area contributed by atoms with Crippen molar-refractivity contribution < 1.29 is 28.7 Å². The Labute approximate surface area is 242 Å². The highest BCUT2D eigenvalue weighted by atomic mass is 16.6. The molecule has 224 valence electrons. The summed E-state index contributed by atoms with van der Waals surface area (Å²) in [7, 11) is 0. The van der Waals surface area contributed by atoms with E-state index in [0.29, 0.717) is 38.6 Å². The first-order valence-electron chi connectivity index (χ1n) is 14.9. The van der Waals surface area contributed by atoms with E-state index < -0.39 is 41.8 Å². The number of alkyl carbamates (subject to hydrolysis) is 1. The van der Waals surface area contributed by atoms with Gasteiger partial charge in [0.05, 0.1) is 6.04 Å². The van der Waals surface area contributed by atoms with Crippen molar-refractivity contribution in [2.75, 3.05) is 6.54 Å². The molecule has 2 aliphatic carbocycles. The van der Waals surface area contributed by atoms with Crippen LogP contribution >= 0.6 is 0 Å². The number of fused-ring (bicyclic) bond motifs is 2. The number of carbonyl (C=O) groups excluding carboxylic acids is 5. The van der Waals surface area contributed by atoms with Gasteiger partial charge in [0.25, 0.3) is 5.91 Å². The van der Waals surface area contributed by atoms with Gasteiger partial charge < -0.3 is 26.0 Å². The average Bonchev–Trinajstić information content (AvgIpc) is 3.31. The fourth-order valence-electron chi connectivity index (χ4n) is 6.96. The third-order valence-electron chi connectivity index (χ3n) is 9.49. The molecule has 4 N–H and O–H groups in total. The van der Waals surface area contributed by atoms with Crippen molar-refractivity contribution >= 4 is 29.6 Å². The van der Waals surface area contributed by atoms with Crippen LogP contribution in [-0.4, -0.2) is 65.3 Å². The smallest absolute Gasteiger partial charge is 0.408 e. The van der Waals surface area contributed by atoms with Crippen molar-refractivity contribution in [1.82, 2.24) is 15.5 Å². The number of carbonyl (C=O) groups is 5. The number of Topliss-reactive ketones (excluding diaryl/α,β-unsaturated/α-hetero) is 1. The maximum atomic E-state index is 14.3. The SMILES string of the molecule is CCCC(NC(=O)[C@@H]1[C@@H]2[C@H](CN1C(=O)[C@@H](NC(=O)OC(CC)CC)C1Cc3ccccc3C1)C2(C)C)C(=O)C(N)=O. The topological polar surface area (TPSA) is 148 Å². The number of benzene rings is 1. The van der Waals surface area contributed by atoms with E-state index in [2.05, 4.69) is 24.5 Å². The Morgan fingerprint density at radius 2 is 1.63 bits per heavy atom. The quantitative estimate of drug-likeness (QED) is 0.330. The van der Waals surface area contributed by atoms with Gasteiger partial charge in [0.1, 0.15) is 18.2 Å². The summed E-state index contributed by atoms with van der Waals surface area (Å²) in [6, 6.07) is 5.23. The number of nitrogens with two attached hydrogens (primary N) is 1. The minimum absolute atomic E-state index is 0.102. The molecule has 0 radical (unpaired) electrons. The second-order valence-corrected chi connectivity index (χ2v) is 12.4. The minimum atomic E-state index is -1.10. The third-order valence-corrected chi connectivity index (χ3v) is 9.49. The van der Waals surface area contributed by atoms with E-state index in [9.17, 15) is 24.0 Å². The normalized spacial score (nSPS) is 23.8. The summed E-state index contributed by atoms with van der Waals surface area (Å²) in [5.74, 6) is -2.96. The lowest BCUT2D eigenvalue weighted by Gasteiger charge is -2.35. The van der Waals surface area contributed by atoms with Gasteiger partial charge in [0.15, 0.2) is 0 Å². The standard InChI is InChI=1S/C31H44N4O6/c1-6-11-22(26(36)27(32)37)33-28(38)25-23-21(31(23,4)5)16-35(25)29(39)24(34-30(40)41-20(7-2)8-3)19-14-17-12-9-10-13-18(17)15-19/h9-10,12-13,19-25H,6-8,11,14-16H2,1-5H3,(H2,32,37)(H,33,38)(H,34,40)/t21-,22?,23-,24-,25-/m0/s1. The Morgan fingerprint density at radius 3 is 2.17 bits per heavy atom. The Hall–Kier alpha value is -3.43. The second-order valence-electron chi connectivity index (χ2n) is 12.4. The first kappa shape index (κ1) is 30.5. The number of hydrogen-bond acceptors (Lipinski definition) is 6. The highest BCUT2D eigenvalue weighted by Gasteiger charge is 2.69. The van der Waals surface area contributed by atoms with Crippen molar-refractivity contribution in [3.63, 3.8) is 0 Å². The van der Waals surface area contributed by atoms with Crippen molar-refractivity contribution in [2.45, 2.75) is 97.4 Å². The zero-order valence-electron chi connectivity index (χ0n) is 24.8. The fraction of sp³-hybridized carbons (Fsp3) is 0.645. The number of nitrogens with zero attached hydrogens (tertiary/aromatic N) is 1. The number of hydrogen-bond donors (Lipinski definition) is 3. The lowest BCUT2D eigenvalue weighted by Crippen LogP contribution is -2.59. The molecule has 1 aliphatic heterocycles. The van der Waals surface area contributed by atoms with E-state index in [1.165, 1.54) is 0 Å². The minimum Gasteiger partial charge on any atom is -0.446 e. The summed E-state index contributed by atoms with van der Waals surface area (Å²) in [6.07, 6.45) is 2.47. The van der Waals surface area contributed by atoms with Gasteiger partial charge in [-0.3, -0.25) is 19.2 Å². The molecule has 4 rings (SSSR count). The summed E-state index contributed by atoms with van der Waals surface area (Å²) in [5.41, 5.74) is 7.35. The third kappa shape index (κ3) is 6.11. The van der Waals surface area contributed by atoms with E-state index in [0.717, 1.165) is 11.1 Å². The molecule has 0 aromatic heterocycles. The lowest BCUT2D eigenvalue weighted by atomic mass is 9.93. The molecule has 4 amide bonds. The van der Waals surface area contributed by atoms with Crippen molar-refractivity contribution in [1.29, 1.82) is 0 Å². The number of rotatable bonds is 12. The molecule has 1 aromatic carbocycles. The average molecular weight is 569 g/mol. The van der Waals surface area contributed by atoms with E-state index in [4.69, 9.17) is 10.5 Å². The number of likely N-dealkylation sites (tertiary alicyclic amines) is 1. The molecule has 1 aromatic rings. The molecule has 5 atom stereocenters. The first-order chi connectivity index (χ1) is 19.4. The maximum Gasteiger partial charge on any atom is 0.408 e. The van der Waals surface area contributed by atoms with Crippen molar-refractivity contribution in [3.05, 3.63) is 35.4 Å². The molecule has 0 bridgehead atoms. The van der Waals surface area contributed by atoms with Gasteiger partial charge in [-0.25, -0.2) is 4.79 Å². The lowest BCUT2D eigenvalue weighted by molar-refractivity contribution is -0.144. The zero-order chi connectivity index (χ0) is 30.1. The van der Waals surface area contributed by atoms with Gasteiger partial charge in [-0.2, -0.15) is 0 Å². The Morgan fingerprint density at radius 1 is 1.02 bits per heavy atom. The Kier molecular flexibility index (Phi) is 9.09. The second kappa shape index (κ2) is 12.2. The maximum absolute atomic E-state index is 14.3. The number of amides is 4. The van der Waals surface area contributed by atoms with Crippen LogP contribution in [0.1, 0.15) is 71.4 Å². The summed E-state index contributed by atoms with van der Waals surface area (Å²) < 4.78 is 5.61. The molecule has 1 heterocycles. The monoisotopic (exact) mass is 568 g/mol. The van der Waals surface area contributed by atoms with Crippen LogP contribution in [0.2, 0.25) is 0 Å². The van der Waals surface area contributed by atoms with E-state index >= 15 is 0 Å². The summed E-state index contributed by atoms with van der Waals surface area (Å²) in [5, 5.41) is 5.60. The van der Waals surface area contributed by atoms with Gasteiger partial charge in [-0.1, -0.05) is 65.3 Å². The molecule has 1 saturated carbocycles. The molecule has 0 spiro atoms. The van der Waals surface area contributed by atoms with Gasteiger partial charge in [0.2, 0.25) is 17.6 Å². The van der Waals surface area contributed by atoms with Crippen LogP contribution < -0.4 is 16.4 Å². The molecule has 10 heteroatoms. The van der Waals surface area contributed by atoms with Gasteiger partial charge in [-0.05, 0) is 66.4 Å². The summed E-state index contributed by atoms with van der Waals surface area (Å²) >= 11 is 0. The molecule has 1 saturated heterocycles. The number of ketones is 1. The van der Waals surface area contributed by atoms with Crippen LogP contribution in [-0.2, 0) is 36.8 Å². The molecule has 3 aliphatic rings. The zero-order valence-corrected chi connectivity index (χ0v) is 24.8. The number of nitrogens with one attached hydrogen (secondary N) is 2. The van der Waals surface area contributed by atoms with Crippen LogP contribution in [0.3, 0.4) is 0 Å². The van der Waals surface area contributed by atoms with Gasteiger partial charge in [0, 0.05) is 6.54 Å². The molecule has 41 heavy (non-hydrogen) atoms. The van der Waals surface area contributed by atoms with Gasteiger partial charge >= 0.3 is 6.09 Å². The summed E-state index contributed by atoms with van der Waals surface area (Å²) in [4.78, 5) is 66.7. The molecular weight excluding hydrogens is 524 g/mol. The number of ether oxygens (including phenoxy) is 1. The van der Waals surface area contributed by atoms with Crippen LogP contribution in [0, 0.1) is 23.2 Å². The number of piperidine rings is 1. The van der Waals surface area contributed by atoms with Crippen LogP contribution in [0.25, 0.3) is 0 Å². The summed E-state index contributed by atoms with van der Waals surface area (Å²) in [6.45, 7) is 10.2. The largest absolute Gasteiger partial charge is 0.446 e. The van der Waals surface area contributed by atoms with E-state index in [1.54, 1.807) is 4.90 Å². The Balaban J connectivity index is 1.60. The van der Waals surface area contributed by atoms with Crippen molar-refractivity contribution in [3.8, 4) is 0 Å². The predicted octanol–water partition coefficient (Wildman–Crippen LogP) is 2.51. The molecule has 10 nitrogen and oxygen atoms in total. The van der Waals surface area contributed by atoms with Crippen LogP contribution in [0.4, 0.5) is 4.79 Å². The highest BCUT2D eigenvalue weighted by Crippen LogP contribution is 2.65. The van der Waals surface area contributed by atoms with Crippen LogP contribution in [0.15, 0.2) is 24.3 Å². The predicted molar refractivity (Wildman–Crippen MR) is 152 cm³/mol. The van der Waals surface area contributed by atoms with Crippen LogP contribution in [0.5, 0.6) is 0 Å². The number of primary amides is 1. The highest BCUT2D eigenvalue weighted by molar-refractivity contribution is 6.37. The van der Waals surface area contributed by atoms with Crippen molar-refractivity contribution in [2.24, 2.45) is 28.9 Å². The first-order valence-corrected chi connectivity index (χ1v) is 14.9. The Bertz CT molecular complexity index is 1170. The molecule has 1 unspecified atom stereocenters. The fourth-order valence-corrected chi connectivity index (χ4v) is 6.96. The van der Waals surface area contributed by atoms with E-state index in [1.807, 2.05) is 45.0 Å².